The van der Waals surface area contributed by atoms with Gasteiger partial charge in [-0.3, -0.25) is 4.68 Å². The number of aliphatic hydroxyl groups excluding tert-OH is 1. The summed E-state index contributed by atoms with van der Waals surface area (Å²) in [7, 11) is 2.97. The minimum atomic E-state index is -0.442. The Balaban J connectivity index is 3.06. The van der Waals surface area contributed by atoms with Crippen LogP contribution in [0.15, 0.2) is 12.3 Å². The van der Waals surface area contributed by atoms with Crippen LogP contribution in [0, 0.1) is 0 Å². The van der Waals surface area contributed by atoms with Gasteiger partial charge in [-0.2, -0.15) is 5.10 Å². The number of hydrogen-bond acceptors (Lipinski definition) is 4. The van der Waals surface area contributed by atoms with Crippen LogP contribution >= 0.6 is 0 Å². The fourth-order valence-corrected chi connectivity index (χ4v) is 1.10. The number of esters is 1. The zero-order valence-electron chi connectivity index (χ0n) is 8.10. The average Bonchev–Trinajstić information content (AvgIpc) is 2.55. The molecule has 0 atom stereocenters. The summed E-state index contributed by atoms with van der Waals surface area (Å²) in [4.78, 5) is 11.3. The summed E-state index contributed by atoms with van der Waals surface area (Å²) < 4.78 is 6.03. The van der Waals surface area contributed by atoms with Crippen molar-refractivity contribution in [3.63, 3.8) is 0 Å². The van der Waals surface area contributed by atoms with Crippen LogP contribution in [0.4, 0.5) is 0 Å². The molecule has 0 saturated heterocycles. The Morgan fingerprint density at radius 3 is 3.07 bits per heavy atom. The number of nitrogens with zero attached hydrogens (tertiary/aromatic N) is 2. The van der Waals surface area contributed by atoms with Crippen LogP contribution in [0.2, 0.25) is 0 Å². The summed E-state index contributed by atoms with van der Waals surface area (Å²) in [6.45, 7) is -0.0739. The van der Waals surface area contributed by atoms with Crippen molar-refractivity contribution in [1.29, 1.82) is 0 Å². The predicted molar refractivity (Wildman–Crippen MR) is 50.7 cm³/mol. The van der Waals surface area contributed by atoms with E-state index in [2.05, 4.69) is 9.84 Å². The van der Waals surface area contributed by atoms with E-state index in [1.54, 1.807) is 19.3 Å². The minimum Gasteiger partial charge on any atom is -0.464 e. The molecule has 0 unspecified atom stereocenters. The average molecular weight is 196 g/mol. The molecule has 0 amide bonds. The number of carbonyl (C=O) groups excluding carboxylic acids is 1. The summed E-state index contributed by atoms with van der Waals surface area (Å²) in [6, 6.07) is 0. The molecule has 1 heterocycles. The van der Waals surface area contributed by atoms with Gasteiger partial charge in [-0.25, -0.2) is 4.79 Å². The summed E-state index contributed by atoms with van der Waals surface area (Å²) in [5, 5.41) is 12.5. The molecule has 1 aromatic heterocycles. The van der Waals surface area contributed by atoms with E-state index in [4.69, 9.17) is 5.11 Å². The molecule has 76 valence electrons. The molecule has 0 aliphatic rings. The van der Waals surface area contributed by atoms with E-state index >= 15 is 0 Å². The zero-order valence-corrected chi connectivity index (χ0v) is 8.10. The number of aryl methyl sites for hydroxylation is 1. The lowest BCUT2D eigenvalue weighted by atomic mass is 10.2. The van der Waals surface area contributed by atoms with Crippen LogP contribution in [-0.4, -0.2) is 34.6 Å². The molecule has 14 heavy (non-hydrogen) atoms. The first-order chi connectivity index (χ1) is 6.70. The maximum atomic E-state index is 11.3. The van der Waals surface area contributed by atoms with Crippen molar-refractivity contribution in [3.05, 3.63) is 23.5 Å². The van der Waals surface area contributed by atoms with E-state index in [0.29, 0.717) is 11.3 Å². The molecule has 0 bridgehead atoms. The molecule has 0 saturated carbocycles. The lowest BCUT2D eigenvalue weighted by Crippen LogP contribution is -2.09. The van der Waals surface area contributed by atoms with Gasteiger partial charge in [0.05, 0.1) is 19.9 Å². The molecule has 5 nitrogen and oxygen atoms in total. The highest BCUT2D eigenvalue weighted by Crippen LogP contribution is 2.10. The topological polar surface area (TPSA) is 64.3 Å². The van der Waals surface area contributed by atoms with Crippen molar-refractivity contribution in [2.75, 3.05) is 13.7 Å². The standard InChI is InChI=1S/C9H12N2O3/c1-11-8(9(13)14-2)7(6-10-11)4-3-5-12/h3-4,6,12H,5H2,1-2H3. The monoisotopic (exact) mass is 196 g/mol. The van der Waals surface area contributed by atoms with Gasteiger partial charge < -0.3 is 9.84 Å². The second kappa shape index (κ2) is 4.57. The fraction of sp³-hybridized carbons (Fsp3) is 0.333. The minimum absolute atomic E-state index is 0.0739. The Bertz CT molecular complexity index is 355. The molecule has 1 N–H and O–H groups in total. The van der Waals surface area contributed by atoms with Gasteiger partial charge in [-0.05, 0) is 0 Å². The Hall–Kier alpha value is -1.62. The molecular weight excluding hydrogens is 184 g/mol. The van der Waals surface area contributed by atoms with Crippen LogP contribution in [0.3, 0.4) is 0 Å². The Kier molecular flexibility index (Phi) is 3.41. The first kappa shape index (κ1) is 10.5. The van der Waals surface area contributed by atoms with Crippen LogP contribution in [0.25, 0.3) is 6.08 Å². The number of ether oxygens (including phenoxy) is 1. The van der Waals surface area contributed by atoms with Crippen molar-refractivity contribution in [3.8, 4) is 0 Å². The smallest absolute Gasteiger partial charge is 0.356 e. The van der Waals surface area contributed by atoms with Crippen LogP contribution in [0.5, 0.6) is 0 Å². The quantitative estimate of drug-likeness (QED) is 0.702. The molecule has 0 aliphatic carbocycles. The number of hydrogen-bond donors (Lipinski definition) is 1. The van der Waals surface area contributed by atoms with E-state index < -0.39 is 5.97 Å². The zero-order chi connectivity index (χ0) is 10.6. The van der Waals surface area contributed by atoms with Gasteiger partial charge in [-0.1, -0.05) is 12.2 Å². The number of aromatic nitrogens is 2. The number of aliphatic hydroxyl groups is 1. The van der Waals surface area contributed by atoms with Gasteiger partial charge in [0.15, 0.2) is 5.69 Å². The molecule has 0 fully saturated rings. The summed E-state index contributed by atoms with van der Waals surface area (Å²) >= 11 is 0. The van der Waals surface area contributed by atoms with Gasteiger partial charge >= 0.3 is 5.97 Å². The molecule has 0 aliphatic heterocycles. The van der Waals surface area contributed by atoms with Crippen LogP contribution in [0.1, 0.15) is 16.1 Å². The molecule has 0 radical (unpaired) electrons. The van der Waals surface area contributed by atoms with E-state index in [9.17, 15) is 4.79 Å². The lowest BCUT2D eigenvalue weighted by Gasteiger charge is -2.00. The predicted octanol–water partition coefficient (Wildman–Crippen LogP) is 0.212. The van der Waals surface area contributed by atoms with E-state index in [1.165, 1.54) is 17.9 Å². The molecule has 0 aromatic carbocycles. The maximum Gasteiger partial charge on any atom is 0.356 e. The SMILES string of the molecule is COC(=O)c1c(C=CCO)cnn1C. The number of carbonyl (C=O) groups is 1. The second-order valence-electron chi connectivity index (χ2n) is 2.65. The van der Waals surface area contributed by atoms with Crippen LogP contribution in [-0.2, 0) is 11.8 Å². The number of rotatable bonds is 3. The van der Waals surface area contributed by atoms with Gasteiger partial charge in [0.2, 0.25) is 0 Å². The Morgan fingerprint density at radius 2 is 2.50 bits per heavy atom. The van der Waals surface area contributed by atoms with Gasteiger partial charge in [-0.15, -0.1) is 0 Å². The van der Waals surface area contributed by atoms with Crippen molar-refractivity contribution in [1.82, 2.24) is 9.78 Å². The highest BCUT2D eigenvalue weighted by molar-refractivity contribution is 5.91. The second-order valence-corrected chi connectivity index (χ2v) is 2.65. The third-order valence-electron chi connectivity index (χ3n) is 1.75. The lowest BCUT2D eigenvalue weighted by molar-refractivity contribution is 0.0588. The molecular formula is C9H12N2O3. The highest BCUT2D eigenvalue weighted by atomic mass is 16.5. The molecule has 1 rings (SSSR count). The normalized spacial score (nSPS) is 10.8. The highest BCUT2D eigenvalue weighted by Gasteiger charge is 2.14. The molecule has 1 aromatic rings. The summed E-state index contributed by atoms with van der Waals surface area (Å²) in [6.07, 6.45) is 4.70. The van der Waals surface area contributed by atoms with Crippen molar-refractivity contribution >= 4 is 12.0 Å². The van der Waals surface area contributed by atoms with Gasteiger partial charge in [0.25, 0.3) is 0 Å². The van der Waals surface area contributed by atoms with E-state index in [1.807, 2.05) is 0 Å². The van der Waals surface area contributed by atoms with Crippen molar-refractivity contribution in [2.45, 2.75) is 0 Å². The fourth-order valence-electron chi connectivity index (χ4n) is 1.10. The van der Waals surface area contributed by atoms with Gasteiger partial charge in [0.1, 0.15) is 0 Å². The van der Waals surface area contributed by atoms with Crippen LogP contribution < -0.4 is 0 Å². The third-order valence-corrected chi connectivity index (χ3v) is 1.75. The molecule has 0 spiro atoms. The summed E-state index contributed by atoms with van der Waals surface area (Å²) in [5.74, 6) is -0.442. The Labute approximate surface area is 81.6 Å². The maximum absolute atomic E-state index is 11.3. The van der Waals surface area contributed by atoms with Crippen molar-refractivity contribution in [2.24, 2.45) is 7.05 Å². The number of methoxy groups -OCH3 is 1. The van der Waals surface area contributed by atoms with E-state index in [0.717, 1.165) is 0 Å². The van der Waals surface area contributed by atoms with Crippen molar-refractivity contribution < 1.29 is 14.6 Å². The van der Waals surface area contributed by atoms with E-state index in [-0.39, 0.29) is 6.61 Å². The first-order valence-corrected chi connectivity index (χ1v) is 4.08. The van der Waals surface area contributed by atoms with Gasteiger partial charge in [0, 0.05) is 12.6 Å². The first-order valence-electron chi connectivity index (χ1n) is 4.08. The Morgan fingerprint density at radius 1 is 1.79 bits per heavy atom. The molecule has 5 heteroatoms. The third kappa shape index (κ3) is 2.00. The largest absolute Gasteiger partial charge is 0.464 e. The summed E-state index contributed by atoms with van der Waals surface area (Å²) in [5.41, 5.74) is 1.01.